The number of nitrogens with one attached hydrogen (secondary N) is 1. The molecule has 1 aliphatic rings. The maximum absolute atomic E-state index is 14.1. The number of nitro groups is 1. The molecule has 0 amide bonds. The van der Waals surface area contributed by atoms with Gasteiger partial charge in [-0.2, -0.15) is 0 Å². The molecule has 9 heteroatoms. The van der Waals surface area contributed by atoms with E-state index in [9.17, 15) is 19.3 Å². The summed E-state index contributed by atoms with van der Waals surface area (Å²) in [6.45, 7) is 1.14. The fraction of sp³-hybridized carbons (Fsp3) is 0.263. The maximum Gasteiger partial charge on any atom is 0.376 e. The molecule has 1 N–H and O–H groups in total. The predicted octanol–water partition coefficient (Wildman–Crippen LogP) is 2.82. The highest BCUT2D eigenvalue weighted by Crippen LogP contribution is 2.26. The summed E-state index contributed by atoms with van der Waals surface area (Å²) < 4.78 is 15.3. The van der Waals surface area contributed by atoms with Crippen molar-refractivity contribution in [3.8, 4) is 0 Å². The van der Waals surface area contributed by atoms with E-state index < -0.39 is 16.2 Å². The summed E-state index contributed by atoms with van der Waals surface area (Å²) in [4.78, 5) is 29.5. The number of pyridine rings is 1. The van der Waals surface area contributed by atoms with Crippen molar-refractivity contribution in [2.45, 2.75) is 18.9 Å². The molecule has 8 nitrogen and oxygen atoms in total. The van der Waals surface area contributed by atoms with Gasteiger partial charge in [-0.25, -0.2) is 9.37 Å². The first kappa shape index (κ1) is 17.9. The van der Waals surface area contributed by atoms with Gasteiger partial charge in [0.05, 0.1) is 10.6 Å². The van der Waals surface area contributed by atoms with E-state index in [4.69, 9.17) is 0 Å². The number of benzene rings is 1. The van der Waals surface area contributed by atoms with E-state index >= 15 is 0 Å². The molecular formula is C19H18FN5O3. The van der Waals surface area contributed by atoms with Crippen LogP contribution in [-0.2, 0) is 0 Å². The number of nitrogens with zero attached hydrogens (tertiary/aromatic N) is 4. The first-order valence-electron chi connectivity index (χ1n) is 8.96. The minimum absolute atomic E-state index is 0.0541. The smallest absolute Gasteiger partial charge is 0.367 e. The molecular weight excluding hydrogens is 365 g/mol. The van der Waals surface area contributed by atoms with Gasteiger partial charge in [-0.1, -0.05) is 18.2 Å². The molecule has 1 unspecified atom stereocenters. The van der Waals surface area contributed by atoms with Crippen molar-refractivity contribution >= 4 is 22.8 Å². The van der Waals surface area contributed by atoms with E-state index in [2.05, 4.69) is 10.3 Å². The second-order valence-corrected chi connectivity index (χ2v) is 6.68. The van der Waals surface area contributed by atoms with Gasteiger partial charge in [-0.3, -0.25) is 19.3 Å². The molecule has 1 aliphatic heterocycles. The summed E-state index contributed by atoms with van der Waals surface area (Å²) in [7, 11) is 0. The maximum atomic E-state index is 14.1. The zero-order chi connectivity index (χ0) is 19.7. The molecule has 0 radical (unpaired) electrons. The van der Waals surface area contributed by atoms with Gasteiger partial charge >= 0.3 is 11.2 Å². The summed E-state index contributed by atoms with van der Waals surface area (Å²) in [6, 6.07) is 11.2. The van der Waals surface area contributed by atoms with Gasteiger partial charge in [0.15, 0.2) is 0 Å². The van der Waals surface area contributed by atoms with Crippen LogP contribution in [0, 0.1) is 15.9 Å². The molecule has 1 aromatic carbocycles. The van der Waals surface area contributed by atoms with E-state index in [-0.39, 0.29) is 17.7 Å². The Morgan fingerprint density at radius 3 is 2.79 bits per heavy atom. The number of aromatic nitrogens is 2. The second kappa shape index (κ2) is 7.26. The van der Waals surface area contributed by atoms with Crippen LogP contribution in [-0.4, -0.2) is 33.4 Å². The van der Waals surface area contributed by atoms with E-state index in [0.29, 0.717) is 24.4 Å². The van der Waals surface area contributed by atoms with Crippen molar-refractivity contribution in [2.75, 3.05) is 23.3 Å². The molecule has 3 heterocycles. The summed E-state index contributed by atoms with van der Waals surface area (Å²) in [5.41, 5.74) is -0.510. The van der Waals surface area contributed by atoms with E-state index in [1.54, 1.807) is 36.4 Å². The number of anilines is 2. The third kappa shape index (κ3) is 3.26. The van der Waals surface area contributed by atoms with Gasteiger partial charge in [-0.15, -0.1) is 0 Å². The highest BCUT2D eigenvalue weighted by atomic mass is 19.1. The van der Waals surface area contributed by atoms with Gasteiger partial charge in [0.25, 0.3) is 0 Å². The Morgan fingerprint density at radius 1 is 1.21 bits per heavy atom. The molecule has 0 bridgehead atoms. The van der Waals surface area contributed by atoms with Crippen LogP contribution >= 0.6 is 0 Å². The Hall–Kier alpha value is -3.49. The lowest BCUT2D eigenvalue weighted by Gasteiger charge is -2.35. The number of hydrogen-bond donors (Lipinski definition) is 1. The van der Waals surface area contributed by atoms with Crippen molar-refractivity contribution in [3.63, 3.8) is 0 Å². The fourth-order valence-corrected chi connectivity index (χ4v) is 3.56. The van der Waals surface area contributed by atoms with Crippen molar-refractivity contribution in [2.24, 2.45) is 0 Å². The number of rotatable bonds is 4. The standard InChI is InChI=1S/C19H18FN5O3/c20-14-7-1-2-8-15(14)23-10-5-6-13(12-23)21-18-17(25(27)28)19(26)24-11-4-3-9-16(24)22-18/h1-4,7-9,11,13,21H,5-6,10,12H2. The molecule has 2 aromatic heterocycles. The summed E-state index contributed by atoms with van der Waals surface area (Å²) in [5, 5.41) is 14.6. The van der Waals surface area contributed by atoms with Crippen LogP contribution in [0.1, 0.15) is 12.8 Å². The van der Waals surface area contributed by atoms with E-state index in [1.165, 1.54) is 12.3 Å². The van der Waals surface area contributed by atoms with Crippen LogP contribution in [0.25, 0.3) is 5.65 Å². The molecule has 3 aromatic rings. The van der Waals surface area contributed by atoms with Crippen LogP contribution in [0.2, 0.25) is 0 Å². The SMILES string of the molecule is O=c1c([N+](=O)[O-])c(NC2CCCN(c3ccccc3F)C2)nc2ccccn12. The molecule has 1 fully saturated rings. The second-order valence-electron chi connectivity index (χ2n) is 6.68. The van der Waals surface area contributed by atoms with E-state index in [1.807, 2.05) is 4.90 Å². The third-order valence-corrected chi connectivity index (χ3v) is 4.85. The van der Waals surface area contributed by atoms with Crippen molar-refractivity contribution in [1.29, 1.82) is 0 Å². The summed E-state index contributed by atoms with van der Waals surface area (Å²) >= 11 is 0. The van der Waals surface area contributed by atoms with Gasteiger partial charge in [0, 0.05) is 25.3 Å². The fourth-order valence-electron chi connectivity index (χ4n) is 3.56. The quantitative estimate of drug-likeness (QED) is 0.550. The largest absolute Gasteiger partial charge is 0.376 e. The molecule has 28 heavy (non-hydrogen) atoms. The van der Waals surface area contributed by atoms with Crippen LogP contribution in [0.3, 0.4) is 0 Å². The topological polar surface area (TPSA) is 92.8 Å². The highest BCUT2D eigenvalue weighted by molar-refractivity contribution is 5.60. The first-order valence-corrected chi connectivity index (χ1v) is 8.96. The minimum Gasteiger partial charge on any atom is -0.367 e. The molecule has 1 saturated heterocycles. The zero-order valence-electron chi connectivity index (χ0n) is 14.9. The van der Waals surface area contributed by atoms with Crippen molar-refractivity contribution in [3.05, 3.63) is 74.9 Å². The Morgan fingerprint density at radius 2 is 2.00 bits per heavy atom. The average Bonchev–Trinajstić information content (AvgIpc) is 2.68. The lowest BCUT2D eigenvalue weighted by Crippen LogP contribution is -2.43. The number of hydrogen-bond acceptors (Lipinski definition) is 6. The zero-order valence-corrected chi connectivity index (χ0v) is 14.9. The Balaban J connectivity index is 1.66. The van der Waals surface area contributed by atoms with Gasteiger partial charge < -0.3 is 10.2 Å². The molecule has 0 aliphatic carbocycles. The minimum atomic E-state index is -0.736. The molecule has 4 rings (SSSR count). The van der Waals surface area contributed by atoms with Crippen molar-refractivity contribution < 1.29 is 9.31 Å². The highest BCUT2D eigenvalue weighted by Gasteiger charge is 2.28. The molecule has 0 spiro atoms. The van der Waals surface area contributed by atoms with Gasteiger partial charge in [0.2, 0.25) is 5.82 Å². The van der Waals surface area contributed by atoms with Crippen LogP contribution < -0.4 is 15.8 Å². The third-order valence-electron chi connectivity index (χ3n) is 4.85. The lowest BCUT2D eigenvalue weighted by atomic mass is 10.0. The first-order chi connectivity index (χ1) is 13.5. The summed E-state index contributed by atoms with van der Waals surface area (Å²) in [5.74, 6) is -0.363. The lowest BCUT2D eigenvalue weighted by molar-refractivity contribution is -0.385. The molecule has 144 valence electrons. The Bertz CT molecular complexity index is 1100. The summed E-state index contributed by atoms with van der Waals surface area (Å²) in [6.07, 6.45) is 2.96. The van der Waals surface area contributed by atoms with Gasteiger partial charge in [0.1, 0.15) is 11.5 Å². The number of piperidine rings is 1. The Labute approximate surface area is 159 Å². The predicted molar refractivity (Wildman–Crippen MR) is 103 cm³/mol. The Kier molecular flexibility index (Phi) is 4.64. The average molecular weight is 383 g/mol. The number of halogens is 1. The monoisotopic (exact) mass is 383 g/mol. The van der Waals surface area contributed by atoms with Crippen LogP contribution in [0.4, 0.5) is 21.6 Å². The molecule has 1 atom stereocenters. The van der Waals surface area contributed by atoms with Crippen molar-refractivity contribution in [1.82, 2.24) is 9.38 Å². The van der Waals surface area contributed by atoms with Gasteiger partial charge in [-0.05, 0) is 37.1 Å². The normalized spacial score (nSPS) is 16.9. The molecule has 0 saturated carbocycles. The van der Waals surface area contributed by atoms with Crippen LogP contribution in [0.15, 0.2) is 53.5 Å². The number of fused-ring (bicyclic) bond motifs is 1. The van der Waals surface area contributed by atoms with E-state index in [0.717, 1.165) is 17.2 Å². The van der Waals surface area contributed by atoms with Crippen LogP contribution in [0.5, 0.6) is 0 Å². The number of para-hydroxylation sites is 1.